The van der Waals surface area contributed by atoms with Gasteiger partial charge in [-0.05, 0) is 18.2 Å². The normalized spacial score (nSPS) is 10.5. The molecule has 6 nitrogen and oxygen atoms in total. The van der Waals surface area contributed by atoms with Gasteiger partial charge in [-0.25, -0.2) is 9.07 Å². The fourth-order valence-electron chi connectivity index (χ4n) is 1.43. The molecule has 1 aromatic heterocycles. The zero-order valence-corrected chi connectivity index (χ0v) is 10.6. The number of nitrogens with one attached hydrogen (secondary N) is 1. The Labute approximate surface area is 113 Å². The molecular weight excluding hydrogens is 273 g/mol. The smallest absolute Gasteiger partial charge is 0.234 e. The summed E-state index contributed by atoms with van der Waals surface area (Å²) in [5.74, 6) is -0.710. The number of amides is 1. The van der Waals surface area contributed by atoms with E-state index in [9.17, 15) is 9.18 Å². The molecule has 100 valence electrons. The average molecular weight is 284 g/mol. The molecule has 19 heavy (non-hydrogen) atoms. The molecule has 1 amide bonds. The quantitative estimate of drug-likeness (QED) is 0.862. The van der Waals surface area contributed by atoms with E-state index >= 15 is 0 Å². The summed E-state index contributed by atoms with van der Waals surface area (Å²) in [6, 6.07) is 3.96. The Morgan fingerprint density at radius 3 is 3.00 bits per heavy atom. The van der Waals surface area contributed by atoms with Crippen LogP contribution >= 0.6 is 11.6 Å². The van der Waals surface area contributed by atoms with Crippen LogP contribution in [0.2, 0.25) is 5.02 Å². The first-order chi connectivity index (χ1) is 9.10. The number of halogens is 2. The molecule has 0 spiro atoms. The minimum absolute atomic E-state index is 0.0854. The Morgan fingerprint density at radius 2 is 2.32 bits per heavy atom. The van der Waals surface area contributed by atoms with Gasteiger partial charge in [0.05, 0.1) is 30.0 Å². The van der Waals surface area contributed by atoms with Crippen LogP contribution in [0.3, 0.4) is 0 Å². The Hall–Kier alpha value is -1.99. The molecule has 1 aromatic carbocycles. The maximum atomic E-state index is 12.9. The fraction of sp³-hybridized carbons (Fsp3) is 0.182. The van der Waals surface area contributed by atoms with Crippen molar-refractivity contribution in [1.82, 2.24) is 20.3 Å². The van der Waals surface area contributed by atoms with Gasteiger partial charge in [0.1, 0.15) is 11.5 Å². The lowest BCUT2D eigenvalue weighted by Crippen LogP contribution is -2.29. The molecule has 1 heterocycles. The van der Waals surface area contributed by atoms with Crippen LogP contribution in [0.1, 0.15) is 5.69 Å². The number of benzene rings is 1. The van der Waals surface area contributed by atoms with Gasteiger partial charge in [-0.3, -0.25) is 4.79 Å². The predicted molar refractivity (Wildman–Crippen MR) is 67.2 cm³/mol. The van der Waals surface area contributed by atoms with Gasteiger partial charge in [-0.15, -0.1) is 5.10 Å². The highest BCUT2D eigenvalue weighted by atomic mass is 35.5. The van der Waals surface area contributed by atoms with Crippen molar-refractivity contribution >= 4 is 17.5 Å². The van der Waals surface area contributed by atoms with Crippen LogP contribution < -0.4 is 11.1 Å². The van der Waals surface area contributed by atoms with E-state index in [-0.39, 0.29) is 24.0 Å². The van der Waals surface area contributed by atoms with Crippen molar-refractivity contribution in [2.24, 2.45) is 5.73 Å². The first kappa shape index (κ1) is 13.4. The molecule has 0 bridgehead atoms. The number of carbonyl (C=O) groups excluding carboxylic acids is 1. The number of nitrogens with zero attached hydrogens (tertiary/aromatic N) is 3. The van der Waals surface area contributed by atoms with Crippen molar-refractivity contribution in [2.75, 3.05) is 6.54 Å². The Bertz CT molecular complexity index is 601. The lowest BCUT2D eigenvalue weighted by molar-refractivity contribution is -0.119. The lowest BCUT2D eigenvalue weighted by Gasteiger charge is -2.02. The molecule has 3 N–H and O–H groups in total. The van der Waals surface area contributed by atoms with Gasteiger partial charge >= 0.3 is 0 Å². The second kappa shape index (κ2) is 5.77. The van der Waals surface area contributed by atoms with E-state index < -0.39 is 5.82 Å². The van der Waals surface area contributed by atoms with Crippen molar-refractivity contribution in [3.63, 3.8) is 0 Å². The van der Waals surface area contributed by atoms with Crippen LogP contribution in [0.4, 0.5) is 4.39 Å². The van der Waals surface area contributed by atoms with E-state index in [1.807, 2.05) is 0 Å². The van der Waals surface area contributed by atoms with Gasteiger partial charge < -0.3 is 11.1 Å². The average Bonchev–Trinajstić information content (AvgIpc) is 2.84. The van der Waals surface area contributed by atoms with Crippen LogP contribution in [0.5, 0.6) is 0 Å². The summed E-state index contributed by atoms with van der Waals surface area (Å²) in [5, 5.41) is 10.5. The molecule has 0 aliphatic heterocycles. The SMILES string of the molecule is NCC(=O)NCc1cn(-c2ccc(F)cc2Cl)nn1. The highest BCUT2D eigenvalue weighted by molar-refractivity contribution is 6.32. The Kier molecular flexibility index (Phi) is 4.08. The number of carbonyl (C=O) groups is 1. The third-order valence-corrected chi connectivity index (χ3v) is 2.65. The summed E-state index contributed by atoms with van der Waals surface area (Å²) < 4.78 is 14.3. The van der Waals surface area contributed by atoms with Crippen molar-refractivity contribution in [1.29, 1.82) is 0 Å². The van der Waals surface area contributed by atoms with Crippen molar-refractivity contribution < 1.29 is 9.18 Å². The number of rotatable bonds is 4. The molecule has 0 aliphatic rings. The predicted octanol–water partition coefficient (Wildman–Crippen LogP) is 0.635. The minimum Gasteiger partial charge on any atom is -0.349 e. The fourth-order valence-corrected chi connectivity index (χ4v) is 1.68. The summed E-state index contributed by atoms with van der Waals surface area (Å²) in [6.45, 7) is 0.132. The molecule has 2 rings (SSSR count). The van der Waals surface area contributed by atoms with Crippen molar-refractivity contribution in [2.45, 2.75) is 6.54 Å². The zero-order chi connectivity index (χ0) is 13.8. The zero-order valence-electron chi connectivity index (χ0n) is 9.81. The second-order valence-corrected chi connectivity index (χ2v) is 4.14. The highest BCUT2D eigenvalue weighted by Crippen LogP contribution is 2.20. The summed E-state index contributed by atoms with van der Waals surface area (Å²) >= 11 is 5.91. The molecule has 0 saturated heterocycles. The number of aromatic nitrogens is 3. The first-order valence-corrected chi connectivity index (χ1v) is 5.81. The van der Waals surface area contributed by atoms with E-state index in [1.54, 1.807) is 6.20 Å². The summed E-state index contributed by atoms with van der Waals surface area (Å²) in [6.07, 6.45) is 1.59. The van der Waals surface area contributed by atoms with Gasteiger partial charge in [0.15, 0.2) is 0 Å². The molecule has 0 unspecified atom stereocenters. The van der Waals surface area contributed by atoms with Gasteiger partial charge in [0.25, 0.3) is 0 Å². The third-order valence-electron chi connectivity index (χ3n) is 2.35. The lowest BCUT2D eigenvalue weighted by atomic mass is 10.3. The van der Waals surface area contributed by atoms with Crippen LogP contribution in [0.25, 0.3) is 5.69 Å². The molecule has 0 radical (unpaired) electrons. The van der Waals surface area contributed by atoms with E-state index in [1.165, 1.54) is 22.9 Å². The van der Waals surface area contributed by atoms with Crippen LogP contribution in [0.15, 0.2) is 24.4 Å². The van der Waals surface area contributed by atoms with Crippen molar-refractivity contribution in [3.05, 3.63) is 40.9 Å². The maximum Gasteiger partial charge on any atom is 0.234 e. The minimum atomic E-state index is -0.427. The Balaban J connectivity index is 2.14. The van der Waals surface area contributed by atoms with Gasteiger partial charge in [0, 0.05) is 0 Å². The van der Waals surface area contributed by atoms with E-state index in [2.05, 4.69) is 15.6 Å². The van der Waals surface area contributed by atoms with E-state index in [4.69, 9.17) is 17.3 Å². The van der Waals surface area contributed by atoms with Gasteiger partial charge in [0.2, 0.25) is 5.91 Å². The summed E-state index contributed by atoms with van der Waals surface area (Å²) in [4.78, 5) is 11.0. The van der Waals surface area contributed by atoms with Crippen LogP contribution in [-0.4, -0.2) is 27.4 Å². The molecule has 0 fully saturated rings. The van der Waals surface area contributed by atoms with Crippen molar-refractivity contribution in [3.8, 4) is 5.69 Å². The largest absolute Gasteiger partial charge is 0.349 e. The number of hydrogen-bond acceptors (Lipinski definition) is 4. The Morgan fingerprint density at radius 1 is 1.53 bits per heavy atom. The first-order valence-electron chi connectivity index (χ1n) is 5.43. The van der Waals surface area contributed by atoms with E-state index in [0.29, 0.717) is 11.4 Å². The van der Waals surface area contributed by atoms with Gasteiger partial charge in [-0.2, -0.15) is 0 Å². The molecule has 8 heteroatoms. The van der Waals surface area contributed by atoms with Gasteiger partial charge in [-0.1, -0.05) is 16.8 Å². The maximum absolute atomic E-state index is 12.9. The molecule has 0 saturated carbocycles. The second-order valence-electron chi connectivity index (χ2n) is 3.73. The highest BCUT2D eigenvalue weighted by Gasteiger charge is 2.08. The van der Waals surface area contributed by atoms with E-state index in [0.717, 1.165) is 0 Å². The third kappa shape index (κ3) is 3.27. The molecular formula is C11H11ClFN5O. The molecule has 0 aliphatic carbocycles. The number of nitrogens with two attached hydrogens (primary N) is 1. The topological polar surface area (TPSA) is 85.8 Å². The summed E-state index contributed by atoms with van der Waals surface area (Å²) in [5.41, 5.74) is 6.21. The van der Waals surface area contributed by atoms with Crippen LogP contribution in [0, 0.1) is 5.82 Å². The molecule has 2 aromatic rings. The molecule has 0 atom stereocenters. The standard InChI is InChI=1S/C11H11ClFN5O/c12-9-3-7(13)1-2-10(9)18-6-8(16-17-18)5-15-11(19)4-14/h1-3,6H,4-5,14H2,(H,15,19). The summed E-state index contributed by atoms with van der Waals surface area (Å²) in [7, 11) is 0. The monoisotopic (exact) mass is 283 g/mol. The van der Waals surface area contributed by atoms with Crippen LogP contribution in [-0.2, 0) is 11.3 Å². The number of hydrogen-bond donors (Lipinski definition) is 2.